The van der Waals surface area contributed by atoms with E-state index in [2.05, 4.69) is 0 Å². The van der Waals surface area contributed by atoms with Crippen LogP contribution in [-0.4, -0.2) is 5.11 Å². The van der Waals surface area contributed by atoms with Gasteiger partial charge in [0, 0.05) is 10.6 Å². The van der Waals surface area contributed by atoms with Gasteiger partial charge in [-0.1, -0.05) is 17.7 Å². The molecule has 1 aromatic carbocycles. The van der Waals surface area contributed by atoms with Crippen LogP contribution in [0.5, 0.6) is 0 Å². The second-order valence-corrected chi connectivity index (χ2v) is 2.74. The van der Waals surface area contributed by atoms with Crippen molar-refractivity contribution < 1.29 is 13.9 Å². The molecule has 0 amide bonds. The van der Waals surface area contributed by atoms with E-state index >= 15 is 0 Å². The Kier molecular flexibility index (Phi) is 3.00. The quantitative estimate of drug-likeness (QED) is 0.764. The summed E-state index contributed by atoms with van der Waals surface area (Å²) in [5.74, 6) is 0. The van der Waals surface area contributed by atoms with E-state index in [4.69, 9.17) is 16.7 Å². The molecule has 0 aliphatic heterocycles. The summed E-state index contributed by atoms with van der Waals surface area (Å²) in [6.07, 6.45) is -2.57. The molecule has 1 N–H and O–H groups in total. The monoisotopic (exact) mass is 192 g/mol. The molecule has 0 heterocycles. The average molecular weight is 193 g/mol. The van der Waals surface area contributed by atoms with Crippen molar-refractivity contribution in [3.05, 3.63) is 34.3 Å². The SMILES string of the molecule is OCc1cc(Cl)ccc1C(F)F. The molecule has 4 heteroatoms. The number of aliphatic hydroxyl groups is 1. The van der Waals surface area contributed by atoms with Crippen LogP contribution in [-0.2, 0) is 6.61 Å². The van der Waals surface area contributed by atoms with Crippen LogP contribution in [0.15, 0.2) is 18.2 Å². The fourth-order valence-electron chi connectivity index (χ4n) is 0.924. The van der Waals surface area contributed by atoms with Crippen LogP contribution in [0.3, 0.4) is 0 Å². The second kappa shape index (κ2) is 3.83. The van der Waals surface area contributed by atoms with Crippen molar-refractivity contribution in [2.75, 3.05) is 0 Å². The molecule has 12 heavy (non-hydrogen) atoms. The predicted octanol–water partition coefficient (Wildman–Crippen LogP) is 2.77. The first-order chi connectivity index (χ1) is 5.65. The van der Waals surface area contributed by atoms with Crippen molar-refractivity contribution >= 4 is 11.6 Å². The van der Waals surface area contributed by atoms with Gasteiger partial charge in [0.05, 0.1) is 6.61 Å². The van der Waals surface area contributed by atoms with Gasteiger partial charge < -0.3 is 5.11 Å². The van der Waals surface area contributed by atoms with Crippen LogP contribution in [0, 0.1) is 0 Å². The van der Waals surface area contributed by atoms with Crippen LogP contribution in [0.1, 0.15) is 17.6 Å². The topological polar surface area (TPSA) is 20.2 Å². The van der Waals surface area contributed by atoms with Gasteiger partial charge in [0.2, 0.25) is 0 Å². The Morgan fingerprint density at radius 3 is 2.58 bits per heavy atom. The lowest BCUT2D eigenvalue weighted by atomic mass is 10.1. The summed E-state index contributed by atoms with van der Waals surface area (Å²) in [6, 6.07) is 3.93. The van der Waals surface area contributed by atoms with Gasteiger partial charge in [0.1, 0.15) is 0 Å². The maximum Gasteiger partial charge on any atom is 0.264 e. The van der Waals surface area contributed by atoms with E-state index in [1.807, 2.05) is 0 Å². The normalized spacial score (nSPS) is 10.8. The molecule has 0 aliphatic carbocycles. The number of halogens is 3. The van der Waals surface area contributed by atoms with Crippen molar-refractivity contribution in [3.8, 4) is 0 Å². The highest BCUT2D eigenvalue weighted by atomic mass is 35.5. The van der Waals surface area contributed by atoms with E-state index in [0.29, 0.717) is 5.02 Å². The van der Waals surface area contributed by atoms with Gasteiger partial charge in [-0.25, -0.2) is 8.78 Å². The molecule has 66 valence electrons. The Bertz CT molecular complexity index is 276. The Hall–Kier alpha value is -0.670. The standard InChI is InChI=1S/C8H7ClF2O/c9-6-1-2-7(8(10)11)5(3-6)4-12/h1-3,8,12H,4H2. The smallest absolute Gasteiger partial charge is 0.264 e. The zero-order chi connectivity index (χ0) is 9.14. The number of aliphatic hydroxyl groups excluding tert-OH is 1. The van der Waals surface area contributed by atoms with Crippen molar-refractivity contribution in [2.24, 2.45) is 0 Å². The lowest BCUT2D eigenvalue weighted by Crippen LogP contribution is -1.93. The highest BCUT2D eigenvalue weighted by molar-refractivity contribution is 6.30. The average Bonchev–Trinajstić information content (AvgIpc) is 2.03. The molecule has 0 saturated heterocycles. The van der Waals surface area contributed by atoms with Crippen molar-refractivity contribution in [3.63, 3.8) is 0 Å². The Balaban J connectivity index is 3.11. The minimum Gasteiger partial charge on any atom is -0.392 e. The summed E-state index contributed by atoms with van der Waals surface area (Å²) in [7, 11) is 0. The molecule has 1 aromatic rings. The minimum absolute atomic E-state index is 0.165. The molecule has 0 saturated carbocycles. The van der Waals surface area contributed by atoms with Gasteiger partial charge in [-0.2, -0.15) is 0 Å². The largest absolute Gasteiger partial charge is 0.392 e. The lowest BCUT2D eigenvalue weighted by molar-refractivity contribution is 0.147. The maximum atomic E-state index is 12.2. The zero-order valence-corrected chi connectivity index (χ0v) is 6.85. The van der Waals surface area contributed by atoms with E-state index < -0.39 is 13.0 Å². The van der Waals surface area contributed by atoms with Crippen LogP contribution in [0.2, 0.25) is 5.02 Å². The number of hydrogen-bond acceptors (Lipinski definition) is 1. The molecule has 0 unspecified atom stereocenters. The first kappa shape index (κ1) is 9.42. The highest BCUT2D eigenvalue weighted by Crippen LogP contribution is 2.25. The zero-order valence-electron chi connectivity index (χ0n) is 6.10. The summed E-state index contributed by atoms with van der Waals surface area (Å²) < 4.78 is 24.4. The van der Waals surface area contributed by atoms with Crippen molar-refractivity contribution in [1.29, 1.82) is 0 Å². The van der Waals surface area contributed by atoms with Crippen LogP contribution >= 0.6 is 11.6 Å². The Labute approximate surface area is 73.6 Å². The second-order valence-electron chi connectivity index (χ2n) is 2.30. The third kappa shape index (κ3) is 1.93. The van der Waals surface area contributed by atoms with Gasteiger partial charge in [0.15, 0.2) is 0 Å². The van der Waals surface area contributed by atoms with Gasteiger partial charge in [-0.15, -0.1) is 0 Å². The Morgan fingerprint density at radius 2 is 2.08 bits per heavy atom. The number of rotatable bonds is 2. The molecule has 1 rings (SSSR count). The predicted molar refractivity (Wildman–Crippen MR) is 42.3 cm³/mol. The molecule has 0 aromatic heterocycles. The molecule has 0 spiro atoms. The molecule has 0 aliphatic rings. The van der Waals surface area contributed by atoms with Crippen molar-refractivity contribution in [1.82, 2.24) is 0 Å². The number of alkyl halides is 2. The molecule has 1 nitrogen and oxygen atoms in total. The van der Waals surface area contributed by atoms with Gasteiger partial charge in [-0.05, 0) is 17.7 Å². The lowest BCUT2D eigenvalue weighted by Gasteiger charge is -2.05. The summed E-state index contributed by atoms with van der Waals surface area (Å²) in [4.78, 5) is 0. The molecule has 0 radical (unpaired) electrons. The first-order valence-corrected chi connectivity index (χ1v) is 3.70. The third-order valence-electron chi connectivity index (χ3n) is 1.51. The molecule has 0 bridgehead atoms. The molecule has 0 fully saturated rings. The number of hydrogen-bond donors (Lipinski definition) is 1. The highest BCUT2D eigenvalue weighted by Gasteiger charge is 2.11. The molecule has 0 atom stereocenters. The van der Waals surface area contributed by atoms with Crippen LogP contribution in [0.25, 0.3) is 0 Å². The van der Waals surface area contributed by atoms with E-state index in [9.17, 15) is 8.78 Å². The maximum absolute atomic E-state index is 12.2. The van der Waals surface area contributed by atoms with E-state index in [1.165, 1.54) is 18.2 Å². The van der Waals surface area contributed by atoms with Gasteiger partial charge >= 0.3 is 0 Å². The van der Waals surface area contributed by atoms with Crippen LogP contribution in [0.4, 0.5) is 8.78 Å². The first-order valence-electron chi connectivity index (χ1n) is 3.32. The summed E-state index contributed by atoms with van der Waals surface area (Å²) >= 11 is 5.54. The van der Waals surface area contributed by atoms with E-state index in [0.717, 1.165) is 0 Å². The summed E-state index contributed by atoms with van der Waals surface area (Å²) in [5, 5.41) is 9.05. The number of benzene rings is 1. The van der Waals surface area contributed by atoms with E-state index in [-0.39, 0.29) is 11.1 Å². The third-order valence-corrected chi connectivity index (χ3v) is 1.75. The van der Waals surface area contributed by atoms with Crippen LogP contribution < -0.4 is 0 Å². The summed E-state index contributed by atoms with van der Waals surface area (Å²) in [5.41, 5.74) is 0.0133. The Morgan fingerprint density at radius 1 is 1.42 bits per heavy atom. The fourth-order valence-corrected chi connectivity index (χ4v) is 1.12. The molecular weight excluding hydrogens is 186 g/mol. The van der Waals surface area contributed by atoms with Gasteiger partial charge in [0.25, 0.3) is 6.43 Å². The minimum atomic E-state index is -2.57. The fraction of sp³-hybridized carbons (Fsp3) is 0.250. The molecular formula is C8H7ClF2O. The van der Waals surface area contributed by atoms with Gasteiger partial charge in [-0.3, -0.25) is 0 Å². The van der Waals surface area contributed by atoms with Crippen molar-refractivity contribution in [2.45, 2.75) is 13.0 Å². The summed E-state index contributed by atoms with van der Waals surface area (Å²) in [6.45, 7) is -0.416. The van der Waals surface area contributed by atoms with E-state index in [1.54, 1.807) is 0 Å².